The van der Waals surface area contributed by atoms with Crippen LogP contribution in [0.4, 0.5) is 0 Å². The molecule has 3 aromatic rings. The first-order chi connectivity index (χ1) is 14.0. The van der Waals surface area contributed by atoms with Crippen molar-refractivity contribution in [1.29, 1.82) is 0 Å². The van der Waals surface area contributed by atoms with Crippen LogP contribution in [0.15, 0.2) is 53.5 Å². The fraction of sp³-hybridized carbons (Fsp3) is 0.273. The van der Waals surface area contributed by atoms with Crippen LogP contribution in [-0.4, -0.2) is 41.9 Å². The highest BCUT2D eigenvalue weighted by atomic mass is 16.5. The lowest BCUT2D eigenvalue weighted by molar-refractivity contribution is -0.130. The lowest BCUT2D eigenvalue weighted by atomic mass is 10.1. The number of carbonyl (C=O) groups excluding carboxylic acids is 1. The number of aryl methyl sites for hydroxylation is 1. The van der Waals surface area contributed by atoms with Gasteiger partial charge in [-0.2, -0.15) is 0 Å². The maximum atomic E-state index is 12.7. The Hall–Kier alpha value is -3.48. The van der Waals surface area contributed by atoms with Gasteiger partial charge in [-0.1, -0.05) is 30.3 Å². The summed E-state index contributed by atoms with van der Waals surface area (Å²) < 4.78 is 5.37. The molecule has 1 aromatic heterocycles. The number of nitrogens with two attached hydrogens (primary N) is 2. The predicted octanol–water partition coefficient (Wildman–Crippen LogP) is 2.33. The van der Waals surface area contributed by atoms with Crippen molar-refractivity contribution in [3.05, 3.63) is 65.4 Å². The summed E-state index contributed by atoms with van der Waals surface area (Å²) in [6, 6.07) is 15.9. The van der Waals surface area contributed by atoms with Crippen molar-refractivity contribution in [2.75, 3.05) is 20.2 Å². The average Bonchev–Trinajstić information content (AvgIpc) is 3.04. The van der Waals surface area contributed by atoms with Crippen LogP contribution in [0.3, 0.4) is 0 Å². The molecule has 0 spiro atoms. The zero-order valence-corrected chi connectivity index (χ0v) is 16.8. The van der Waals surface area contributed by atoms with Gasteiger partial charge in [-0.25, -0.2) is 4.99 Å². The molecular formula is C22H27N5O2. The molecule has 29 heavy (non-hydrogen) atoms. The number of aliphatic imine (C=N–C) groups is 1. The van der Waals surface area contributed by atoms with Crippen LogP contribution >= 0.6 is 0 Å². The van der Waals surface area contributed by atoms with Gasteiger partial charge in [0.25, 0.3) is 0 Å². The van der Waals surface area contributed by atoms with Crippen molar-refractivity contribution in [1.82, 2.24) is 9.88 Å². The van der Waals surface area contributed by atoms with Gasteiger partial charge in [0.05, 0.1) is 7.11 Å². The number of nitrogens with one attached hydrogen (secondary N) is 1. The van der Waals surface area contributed by atoms with Gasteiger partial charge in [-0.15, -0.1) is 0 Å². The van der Waals surface area contributed by atoms with E-state index < -0.39 is 0 Å². The number of nitrogens with zero attached hydrogens (tertiary/aromatic N) is 2. The number of H-pyrrole nitrogens is 1. The molecule has 0 unspecified atom stereocenters. The van der Waals surface area contributed by atoms with Crippen molar-refractivity contribution in [2.24, 2.45) is 16.5 Å². The van der Waals surface area contributed by atoms with Crippen molar-refractivity contribution >= 4 is 22.8 Å². The minimum Gasteiger partial charge on any atom is -0.497 e. The highest BCUT2D eigenvalue weighted by Crippen LogP contribution is 2.27. The lowest BCUT2D eigenvalue weighted by Gasteiger charge is -2.22. The Kier molecular flexibility index (Phi) is 6.39. The number of hydrogen-bond acceptors (Lipinski definition) is 3. The van der Waals surface area contributed by atoms with Crippen LogP contribution in [0.5, 0.6) is 5.75 Å². The standard InChI is InChI=1S/C22H27N5O2/c1-15-18(19-12-17(29-2)8-9-20(19)26-15)10-11-27(21(28)13-25-22(23)24)14-16-6-4-3-5-7-16/h3-9,12,26H,10-11,13-14H2,1-2H3,(H4,23,24,25). The second-order valence-corrected chi connectivity index (χ2v) is 6.93. The van der Waals surface area contributed by atoms with Gasteiger partial charge in [-0.05, 0) is 42.7 Å². The SMILES string of the molecule is COc1ccc2[nH]c(C)c(CCN(Cc3ccccc3)C(=O)CN=C(N)N)c2c1. The van der Waals surface area contributed by atoms with E-state index in [-0.39, 0.29) is 18.4 Å². The largest absolute Gasteiger partial charge is 0.497 e. The van der Waals surface area contributed by atoms with Gasteiger partial charge in [0.1, 0.15) is 12.3 Å². The third-order valence-electron chi connectivity index (χ3n) is 4.92. The molecule has 5 N–H and O–H groups in total. The van der Waals surface area contributed by atoms with Crippen LogP contribution in [0.1, 0.15) is 16.8 Å². The number of ether oxygens (including phenoxy) is 1. The second-order valence-electron chi connectivity index (χ2n) is 6.93. The Bertz CT molecular complexity index is 1010. The number of hydrogen-bond donors (Lipinski definition) is 3. The summed E-state index contributed by atoms with van der Waals surface area (Å²) in [5.74, 6) is 0.609. The highest BCUT2D eigenvalue weighted by molar-refractivity contribution is 5.86. The summed E-state index contributed by atoms with van der Waals surface area (Å²) >= 11 is 0. The number of methoxy groups -OCH3 is 1. The van der Waals surface area contributed by atoms with Gasteiger partial charge < -0.3 is 26.1 Å². The highest BCUT2D eigenvalue weighted by Gasteiger charge is 2.16. The Balaban J connectivity index is 1.82. The normalized spacial score (nSPS) is 10.7. The Morgan fingerprint density at radius 2 is 1.93 bits per heavy atom. The molecule has 0 aliphatic rings. The molecule has 0 atom stereocenters. The van der Waals surface area contributed by atoms with Crippen LogP contribution in [0.25, 0.3) is 10.9 Å². The third-order valence-corrected chi connectivity index (χ3v) is 4.92. The maximum Gasteiger partial charge on any atom is 0.244 e. The summed E-state index contributed by atoms with van der Waals surface area (Å²) in [5, 5.41) is 1.11. The Morgan fingerprint density at radius 1 is 1.17 bits per heavy atom. The summed E-state index contributed by atoms with van der Waals surface area (Å²) in [6.45, 7) is 3.05. The number of guanidine groups is 1. The molecule has 0 radical (unpaired) electrons. The van der Waals surface area contributed by atoms with E-state index >= 15 is 0 Å². The van der Waals surface area contributed by atoms with Crippen molar-refractivity contribution < 1.29 is 9.53 Å². The summed E-state index contributed by atoms with van der Waals surface area (Å²) in [6.07, 6.45) is 0.708. The molecule has 2 aromatic carbocycles. The molecule has 1 amide bonds. The number of aromatic nitrogens is 1. The Labute approximate surface area is 170 Å². The van der Waals surface area contributed by atoms with E-state index in [4.69, 9.17) is 16.2 Å². The van der Waals surface area contributed by atoms with Gasteiger partial charge >= 0.3 is 0 Å². The third kappa shape index (κ3) is 5.07. The molecule has 0 bridgehead atoms. The van der Waals surface area contributed by atoms with E-state index in [1.54, 1.807) is 12.0 Å². The van der Waals surface area contributed by atoms with Crippen LogP contribution < -0.4 is 16.2 Å². The number of rotatable bonds is 8. The fourth-order valence-electron chi connectivity index (χ4n) is 3.41. The summed E-state index contributed by atoms with van der Waals surface area (Å²) in [4.78, 5) is 21.8. The van der Waals surface area contributed by atoms with Crippen LogP contribution in [-0.2, 0) is 17.8 Å². The number of benzene rings is 2. The van der Waals surface area contributed by atoms with Gasteiger partial charge in [-0.3, -0.25) is 4.79 Å². The predicted molar refractivity (Wildman–Crippen MR) is 116 cm³/mol. The zero-order valence-electron chi connectivity index (χ0n) is 16.8. The molecular weight excluding hydrogens is 366 g/mol. The van der Waals surface area contributed by atoms with E-state index in [1.807, 2.05) is 55.5 Å². The quantitative estimate of drug-likeness (QED) is 0.403. The molecule has 7 heteroatoms. The first kappa shape index (κ1) is 20.3. The monoisotopic (exact) mass is 393 g/mol. The fourth-order valence-corrected chi connectivity index (χ4v) is 3.41. The van der Waals surface area contributed by atoms with E-state index in [0.29, 0.717) is 19.5 Å². The molecule has 0 aliphatic heterocycles. The van der Waals surface area contributed by atoms with E-state index in [2.05, 4.69) is 9.98 Å². The van der Waals surface area contributed by atoms with Gasteiger partial charge in [0, 0.05) is 29.7 Å². The van der Waals surface area contributed by atoms with E-state index in [1.165, 1.54) is 5.56 Å². The smallest absolute Gasteiger partial charge is 0.244 e. The summed E-state index contributed by atoms with van der Waals surface area (Å²) in [5.41, 5.74) is 15.2. The molecule has 7 nitrogen and oxygen atoms in total. The van der Waals surface area contributed by atoms with E-state index in [9.17, 15) is 4.79 Å². The molecule has 0 saturated heterocycles. The first-order valence-corrected chi connectivity index (χ1v) is 9.50. The minimum absolute atomic E-state index is 0.0597. The zero-order chi connectivity index (χ0) is 20.8. The van der Waals surface area contributed by atoms with E-state index in [0.717, 1.165) is 27.9 Å². The maximum absolute atomic E-state index is 12.7. The number of fused-ring (bicyclic) bond motifs is 1. The van der Waals surface area contributed by atoms with Crippen LogP contribution in [0, 0.1) is 6.92 Å². The number of carbonyl (C=O) groups is 1. The van der Waals surface area contributed by atoms with Crippen molar-refractivity contribution in [3.8, 4) is 5.75 Å². The molecule has 1 heterocycles. The molecule has 0 saturated carbocycles. The second kappa shape index (κ2) is 9.14. The Morgan fingerprint density at radius 3 is 2.62 bits per heavy atom. The number of aromatic amines is 1. The van der Waals surface area contributed by atoms with Crippen molar-refractivity contribution in [3.63, 3.8) is 0 Å². The lowest BCUT2D eigenvalue weighted by Crippen LogP contribution is -2.35. The molecule has 0 fully saturated rings. The minimum atomic E-state index is -0.114. The van der Waals surface area contributed by atoms with Crippen molar-refractivity contribution in [2.45, 2.75) is 19.9 Å². The first-order valence-electron chi connectivity index (χ1n) is 9.50. The molecule has 0 aliphatic carbocycles. The van der Waals surface area contributed by atoms with Gasteiger partial charge in [0.15, 0.2) is 5.96 Å². The molecule has 152 valence electrons. The van der Waals surface area contributed by atoms with Gasteiger partial charge in [0.2, 0.25) is 5.91 Å². The topological polar surface area (TPSA) is 110 Å². The molecule has 3 rings (SSSR count). The average molecular weight is 393 g/mol. The summed E-state index contributed by atoms with van der Waals surface area (Å²) in [7, 11) is 1.66. The van der Waals surface area contributed by atoms with Crippen LogP contribution in [0.2, 0.25) is 0 Å². The number of amides is 1.